The van der Waals surface area contributed by atoms with Crippen LogP contribution in [-0.2, 0) is 6.54 Å². The van der Waals surface area contributed by atoms with Crippen molar-refractivity contribution < 1.29 is 0 Å². The Kier molecular flexibility index (Phi) is 3.71. The second-order valence-electron chi connectivity index (χ2n) is 5.74. The number of hydrogen-bond acceptors (Lipinski definition) is 1. The number of hydrogen-bond donors (Lipinski definition) is 1. The zero-order valence-electron chi connectivity index (χ0n) is 12.9. The molecular formula is C20H15ClN2O. The van der Waals surface area contributed by atoms with E-state index >= 15 is 0 Å². The lowest BCUT2D eigenvalue weighted by Gasteiger charge is -2.05. The Labute approximate surface area is 144 Å². The van der Waals surface area contributed by atoms with Gasteiger partial charge in [0.05, 0.1) is 17.6 Å². The molecule has 0 amide bonds. The molecule has 4 heteroatoms. The second-order valence-corrected chi connectivity index (χ2v) is 6.18. The lowest BCUT2D eigenvalue weighted by Crippen LogP contribution is -2.17. The van der Waals surface area contributed by atoms with Gasteiger partial charge in [-0.1, -0.05) is 60.1 Å². The van der Waals surface area contributed by atoms with E-state index in [9.17, 15) is 4.79 Å². The fraction of sp³-hybridized carbons (Fsp3) is 0.0500. The van der Waals surface area contributed by atoms with Crippen molar-refractivity contribution in [1.29, 1.82) is 0 Å². The number of nitrogens with zero attached hydrogens (tertiary/aromatic N) is 1. The second kappa shape index (κ2) is 6.02. The summed E-state index contributed by atoms with van der Waals surface area (Å²) in [6.07, 6.45) is 0. The minimum Gasteiger partial charge on any atom is -0.306 e. The highest BCUT2D eigenvalue weighted by Gasteiger charge is 2.09. The van der Waals surface area contributed by atoms with Crippen LogP contribution in [0.2, 0.25) is 5.02 Å². The number of aromatic nitrogens is 2. The predicted molar refractivity (Wildman–Crippen MR) is 98.5 cm³/mol. The smallest absolute Gasteiger partial charge is 0.306 e. The van der Waals surface area contributed by atoms with E-state index in [1.165, 1.54) is 0 Å². The molecule has 4 rings (SSSR count). The van der Waals surface area contributed by atoms with Gasteiger partial charge >= 0.3 is 5.69 Å². The van der Waals surface area contributed by atoms with Gasteiger partial charge in [-0.2, -0.15) is 0 Å². The lowest BCUT2D eigenvalue weighted by molar-refractivity contribution is 0.787. The Morgan fingerprint density at radius 3 is 2.50 bits per heavy atom. The molecule has 0 aliphatic heterocycles. The van der Waals surface area contributed by atoms with Crippen molar-refractivity contribution in [3.05, 3.63) is 93.9 Å². The molecule has 0 unspecified atom stereocenters. The number of aromatic amines is 1. The van der Waals surface area contributed by atoms with Crippen molar-refractivity contribution in [2.45, 2.75) is 6.54 Å². The number of nitrogens with one attached hydrogen (secondary N) is 1. The summed E-state index contributed by atoms with van der Waals surface area (Å²) in [6, 6.07) is 23.7. The fourth-order valence-corrected chi connectivity index (χ4v) is 3.16. The van der Waals surface area contributed by atoms with Crippen molar-refractivity contribution in [1.82, 2.24) is 9.55 Å². The van der Waals surface area contributed by atoms with Gasteiger partial charge in [0.25, 0.3) is 0 Å². The maximum absolute atomic E-state index is 12.4. The van der Waals surface area contributed by atoms with Crippen LogP contribution in [0.15, 0.2) is 77.6 Å². The summed E-state index contributed by atoms with van der Waals surface area (Å²) in [5, 5.41) is 0.673. The SMILES string of the molecule is O=c1[nH]c2cc(-c3ccccc3)ccc2n1Cc1cccc(Cl)c1. The van der Waals surface area contributed by atoms with Crippen molar-refractivity contribution in [3.8, 4) is 11.1 Å². The van der Waals surface area contributed by atoms with Crippen molar-refractivity contribution in [3.63, 3.8) is 0 Å². The van der Waals surface area contributed by atoms with Crippen molar-refractivity contribution in [2.24, 2.45) is 0 Å². The van der Waals surface area contributed by atoms with E-state index in [-0.39, 0.29) is 5.69 Å². The van der Waals surface area contributed by atoms with Gasteiger partial charge in [0, 0.05) is 5.02 Å². The normalized spacial score (nSPS) is 11.0. The van der Waals surface area contributed by atoms with Crippen LogP contribution < -0.4 is 5.69 Å². The van der Waals surface area contributed by atoms with Gasteiger partial charge in [-0.25, -0.2) is 4.79 Å². The number of H-pyrrole nitrogens is 1. The predicted octanol–water partition coefficient (Wildman–Crippen LogP) is 4.70. The molecule has 1 heterocycles. The van der Waals surface area contributed by atoms with Gasteiger partial charge in [-0.3, -0.25) is 4.57 Å². The van der Waals surface area contributed by atoms with E-state index in [1.54, 1.807) is 4.57 Å². The van der Waals surface area contributed by atoms with Crippen LogP contribution in [0.3, 0.4) is 0 Å². The van der Waals surface area contributed by atoms with Gasteiger partial charge < -0.3 is 4.98 Å². The monoisotopic (exact) mass is 334 g/mol. The summed E-state index contributed by atoms with van der Waals surface area (Å²) >= 11 is 6.04. The quantitative estimate of drug-likeness (QED) is 0.579. The molecule has 0 saturated heterocycles. The van der Waals surface area contributed by atoms with E-state index in [0.717, 1.165) is 27.7 Å². The van der Waals surface area contributed by atoms with E-state index in [1.807, 2.05) is 60.7 Å². The molecule has 0 fully saturated rings. The molecule has 1 N–H and O–H groups in total. The number of fused-ring (bicyclic) bond motifs is 1. The maximum Gasteiger partial charge on any atom is 0.326 e. The van der Waals surface area contributed by atoms with E-state index < -0.39 is 0 Å². The minimum atomic E-state index is -0.116. The third-order valence-corrected chi connectivity index (χ3v) is 4.35. The molecule has 4 aromatic rings. The van der Waals surface area contributed by atoms with Crippen LogP contribution in [0.1, 0.15) is 5.56 Å². The molecule has 3 aromatic carbocycles. The third-order valence-electron chi connectivity index (χ3n) is 4.11. The number of benzene rings is 3. The molecule has 0 radical (unpaired) electrons. The van der Waals surface area contributed by atoms with Crippen LogP contribution in [0.4, 0.5) is 0 Å². The van der Waals surface area contributed by atoms with Gasteiger partial charge in [-0.15, -0.1) is 0 Å². The molecule has 1 aromatic heterocycles. The van der Waals surface area contributed by atoms with Crippen molar-refractivity contribution in [2.75, 3.05) is 0 Å². The largest absolute Gasteiger partial charge is 0.326 e. The summed E-state index contributed by atoms with van der Waals surface area (Å²) in [5.41, 5.74) is 4.82. The van der Waals surface area contributed by atoms with Gasteiger partial charge in [0.1, 0.15) is 0 Å². The van der Waals surface area contributed by atoms with Gasteiger partial charge in [0.15, 0.2) is 0 Å². The Morgan fingerprint density at radius 2 is 1.71 bits per heavy atom. The fourth-order valence-electron chi connectivity index (χ4n) is 2.95. The molecule has 3 nitrogen and oxygen atoms in total. The first-order chi connectivity index (χ1) is 11.7. The first kappa shape index (κ1) is 14.8. The Morgan fingerprint density at radius 1 is 0.875 bits per heavy atom. The zero-order valence-corrected chi connectivity index (χ0v) is 13.6. The highest BCUT2D eigenvalue weighted by molar-refractivity contribution is 6.30. The molecule has 118 valence electrons. The number of rotatable bonds is 3. The molecule has 0 aliphatic rings. The van der Waals surface area contributed by atoms with Crippen molar-refractivity contribution >= 4 is 22.6 Å². The molecule has 0 atom stereocenters. The standard InChI is InChI=1S/C20H15ClN2O/c21-17-8-4-5-14(11-17)13-23-19-10-9-16(12-18(19)22-20(23)24)15-6-2-1-3-7-15/h1-12H,13H2,(H,22,24). The molecule has 0 bridgehead atoms. The summed E-state index contributed by atoms with van der Waals surface area (Å²) in [5.74, 6) is 0. The average molecular weight is 335 g/mol. The van der Waals surface area contributed by atoms with Crippen LogP contribution in [0.5, 0.6) is 0 Å². The summed E-state index contributed by atoms with van der Waals surface area (Å²) in [4.78, 5) is 15.3. The third kappa shape index (κ3) is 2.74. The highest BCUT2D eigenvalue weighted by atomic mass is 35.5. The first-order valence-corrected chi connectivity index (χ1v) is 8.11. The van der Waals surface area contributed by atoms with E-state index in [4.69, 9.17) is 11.6 Å². The summed E-state index contributed by atoms with van der Waals surface area (Å²) in [7, 11) is 0. The number of halogens is 1. The molecule has 0 spiro atoms. The lowest BCUT2D eigenvalue weighted by atomic mass is 10.1. The number of imidazole rings is 1. The zero-order chi connectivity index (χ0) is 16.5. The Hall–Kier alpha value is -2.78. The summed E-state index contributed by atoms with van der Waals surface area (Å²) < 4.78 is 1.73. The minimum absolute atomic E-state index is 0.116. The van der Waals surface area contributed by atoms with Gasteiger partial charge in [-0.05, 0) is 41.0 Å². The molecule has 24 heavy (non-hydrogen) atoms. The Bertz CT molecular complexity index is 1060. The van der Waals surface area contributed by atoms with Crippen LogP contribution >= 0.6 is 11.6 Å². The van der Waals surface area contributed by atoms with Crippen LogP contribution in [0.25, 0.3) is 22.2 Å². The Balaban J connectivity index is 1.78. The van der Waals surface area contributed by atoms with Gasteiger partial charge in [0.2, 0.25) is 0 Å². The molecule has 0 saturated carbocycles. The maximum atomic E-state index is 12.4. The van der Waals surface area contributed by atoms with E-state index in [2.05, 4.69) is 17.1 Å². The van der Waals surface area contributed by atoms with Crippen LogP contribution in [-0.4, -0.2) is 9.55 Å². The van der Waals surface area contributed by atoms with Crippen LogP contribution in [0, 0.1) is 0 Å². The molecular weight excluding hydrogens is 320 g/mol. The van der Waals surface area contributed by atoms with E-state index in [0.29, 0.717) is 11.6 Å². The topological polar surface area (TPSA) is 37.8 Å². The highest BCUT2D eigenvalue weighted by Crippen LogP contribution is 2.23. The first-order valence-electron chi connectivity index (χ1n) is 7.73. The average Bonchev–Trinajstić information content (AvgIpc) is 2.91. The summed E-state index contributed by atoms with van der Waals surface area (Å²) in [6.45, 7) is 0.490. The molecule has 0 aliphatic carbocycles.